The molecule has 4 rings (SSSR count). The van der Waals surface area contributed by atoms with E-state index < -0.39 is 15.9 Å². The van der Waals surface area contributed by atoms with Crippen molar-refractivity contribution in [3.05, 3.63) is 90.0 Å². The maximum Gasteiger partial charge on any atom is 0.243 e. The van der Waals surface area contributed by atoms with Crippen LogP contribution in [0.25, 0.3) is 10.2 Å². The van der Waals surface area contributed by atoms with Crippen molar-refractivity contribution in [1.29, 1.82) is 0 Å². The number of nitrogens with zero attached hydrogens (tertiary/aromatic N) is 2. The van der Waals surface area contributed by atoms with Gasteiger partial charge in [0.2, 0.25) is 15.9 Å². The maximum absolute atomic E-state index is 13.5. The molecule has 0 fully saturated rings. The van der Waals surface area contributed by atoms with Crippen LogP contribution in [-0.4, -0.2) is 36.7 Å². The van der Waals surface area contributed by atoms with Crippen LogP contribution in [0.4, 0.5) is 5.13 Å². The fraction of sp³-hybridized carbons (Fsp3) is 0.310. The lowest BCUT2D eigenvalue weighted by Crippen LogP contribution is -2.33. The third-order valence-corrected chi connectivity index (χ3v) is 9.11. The van der Waals surface area contributed by atoms with E-state index in [0.717, 1.165) is 41.5 Å². The van der Waals surface area contributed by atoms with Crippen LogP contribution >= 0.6 is 11.3 Å². The SMILES string of the molecule is CCCCN(CCCC)S(=O)(=O)c1ccc2nc(NC(=O)C(c3ccccc3)c3ccccc3)sc2c1. The van der Waals surface area contributed by atoms with Gasteiger partial charge in [-0.05, 0) is 42.2 Å². The first kappa shape index (κ1) is 27.0. The summed E-state index contributed by atoms with van der Waals surface area (Å²) in [6.45, 7) is 5.15. The Morgan fingerprint density at radius 1 is 0.892 bits per heavy atom. The van der Waals surface area contributed by atoms with Crippen molar-refractivity contribution in [2.24, 2.45) is 0 Å². The highest BCUT2D eigenvalue weighted by Crippen LogP contribution is 2.32. The number of rotatable bonds is 12. The van der Waals surface area contributed by atoms with Gasteiger partial charge in [-0.3, -0.25) is 4.79 Å². The highest BCUT2D eigenvalue weighted by atomic mass is 32.2. The third kappa shape index (κ3) is 6.44. The Morgan fingerprint density at radius 3 is 2.00 bits per heavy atom. The molecule has 0 aliphatic rings. The van der Waals surface area contributed by atoms with Crippen LogP contribution in [0.1, 0.15) is 56.6 Å². The molecule has 1 aromatic heterocycles. The van der Waals surface area contributed by atoms with Crippen molar-refractivity contribution in [3.8, 4) is 0 Å². The predicted molar refractivity (Wildman–Crippen MR) is 152 cm³/mol. The molecule has 0 aliphatic heterocycles. The smallest absolute Gasteiger partial charge is 0.243 e. The lowest BCUT2D eigenvalue weighted by atomic mass is 9.90. The van der Waals surface area contributed by atoms with Gasteiger partial charge < -0.3 is 5.32 Å². The van der Waals surface area contributed by atoms with Gasteiger partial charge in [0.15, 0.2) is 5.13 Å². The number of anilines is 1. The highest BCUT2D eigenvalue weighted by molar-refractivity contribution is 7.89. The second-order valence-corrected chi connectivity index (χ2v) is 12.0. The number of fused-ring (bicyclic) bond motifs is 1. The first-order valence-electron chi connectivity index (χ1n) is 12.8. The van der Waals surface area contributed by atoms with Crippen LogP contribution in [0.5, 0.6) is 0 Å². The number of aromatic nitrogens is 1. The molecule has 0 radical (unpaired) electrons. The fourth-order valence-corrected chi connectivity index (χ4v) is 6.78. The van der Waals surface area contributed by atoms with Gasteiger partial charge >= 0.3 is 0 Å². The van der Waals surface area contributed by atoms with E-state index in [0.29, 0.717) is 23.7 Å². The normalized spacial score (nSPS) is 11.9. The molecule has 0 unspecified atom stereocenters. The van der Waals surface area contributed by atoms with Gasteiger partial charge in [0.1, 0.15) is 0 Å². The van der Waals surface area contributed by atoms with Crippen LogP contribution in [0.3, 0.4) is 0 Å². The average molecular weight is 536 g/mol. The molecule has 8 heteroatoms. The summed E-state index contributed by atoms with van der Waals surface area (Å²) in [4.78, 5) is 18.3. The Labute approximate surface area is 223 Å². The Morgan fingerprint density at radius 2 is 1.46 bits per heavy atom. The summed E-state index contributed by atoms with van der Waals surface area (Å²) < 4.78 is 29.1. The van der Waals surface area contributed by atoms with E-state index in [-0.39, 0.29) is 10.8 Å². The minimum atomic E-state index is -3.61. The van der Waals surface area contributed by atoms with E-state index in [1.165, 1.54) is 11.3 Å². The zero-order chi connectivity index (χ0) is 26.3. The van der Waals surface area contributed by atoms with Gasteiger partial charge in [0, 0.05) is 13.1 Å². The summed E-state index contributed by atoms with van der Waals surface area (Å²) in [5, 5.41) is 3.42. The van der Waals surface area contributed by atoms with Crippen molar-refractivity contribution in [1.82, 2.24) is 9.29 Å². The number of nitrogens with one attached hydrogen (secondary N) is 1. The number of thiazole rings is 1. The number of unbranched alkanes of at least 4 members (excludes halogenated alkanes) is 2. The molecular formula is C29H33N3O3S2. The summed E-state index contributed by atoms with van der Waals surface area (Å²) in [5.41, 5.74) is 2.43. The molecule has 1 N–H and O–H groups in total. The second kappa shape index (κ2) is 12.4. The molecule has 0 bridgehead atoms. The van der Waals surface area contributed by atoms with Gasteiger partial charge in [0.05, 0.1) is 21.0 Å². The van der Waals surface area contributed by atoms with Gasteiger partial charge in [-0.1, -0.05) is 98.7 Å². The molecule has 0 saturated carbocycles. The Balaban J connectivity index is 1.60. The largest absolute Gasteiger partial charge is 0.301 e. The molecule has 1 heterocycles. The minimum absolute atomic E-state index is 0.186. The number of hydrogen-bond acceptors (Lipinski definition) is 5. The summed E-state index contributed by atoms with van der Waals surface area (Å²) >= 11 is 1.29. The maximum atomic E-state index is 13.5. The van der Waals surface area contributed by atoms with Gasteiger partial charge in [0.25, 0.3) is 0 Å². The van der Waals surface area contributed by atoms with Crippen molar-refractivity contribution in [3.63, 3.8) is 0 Å². The number of benzene rings is 3. The molecule has 37 heavy (non-hydrogen) atoms. The lowest BCUT2D eigenvalue weighted by molar-refractivity contribution is -0.116. The quantitative estimate of drug-likeness (QED) is 0.220. The zero-order valence-electron chi connectivity index (χ0n) is 21.3. The summed E-state index contributed by atoms with van der Waals surface area (Å²) in [6, 6.07) is 24.3. The Bertz CT molecular complexity index is 1370. The Kier molecular flexibility index (Phi) is 9.08. The molecule has 6 nitrogen and oxygen atoms in total. The van der Waals surface area contributed by atoms with E-state index in [4.69, 9.17) is 0 Å². The van der Waals surface area contributed by atoms with E-state index in [1.54, 1.807) is 22.5 Å². The summed E-state index contributed by atoms with van der Waals surface area (Å²) in [5.74, 6) is -0.675. The molecule has 0 spiro atoms. The number of sulfonamides is 1. The van der Waals surface area contributed by atoms with Crippen LogP contribution in [-0.2, 0) is 14.8 Å². The first-order valence-corrected chi connectivity index (χ1v) is 15.0. The van der Waals surface area contributed by atoms with Crippen LogP contribution < -0.4 is 5.32 Å². The molecule has 194 valence electrons. The van der Waals surface area contributed by atoms with Crippen molar-refractivity contribution < 1.29 is 13.2 Å². The third-order valence-electron chi connectivity index (χ3n) is 6.28. The second-order valence-electron chi connectivity index (χ2n) is 9.00. The molecule has 0 atom stereocenters. The van der Waals surface area contributed by atoms with Crippen molar-refractivity contribution >= 4 is 42.6 Å². The molecule has 0 aliphatic carbocycles. The molecule has 3 aromatic carbocycles. The van der Waals surface area contributed by atoms with Crippen LogP contribution in [0.15, 0.2) is 83.8 Å². The molecule has 1 amide bonds. The van der Waals surface area contributed by atoms with E-state index in [2.05, 4.69) is 24.1 Å². The predicted octanol–water partition coefficient (Wildman–Crippen LogP) is 6.66. The van der Waals surface area contributed by atoms with E-state index >= 15 is 0 Å². The Hall–Kier alpha value is -3.07. The molecular weight excluding hydrogens is 502 g/mol. The fourth-order valence-electron chi connectivity index (χ4n) is 4.25. The van der Waals surface area contributed by atoms with Gasteiger partial charge in [-0.2, -0.15) is 4.31 Å². The summed E-state index contributed by atoms with van der Waals surface area (Å²) in [6.07, 6.45) is 3.52. The number of amides is 1. The first-order chi connectivity index (χ1) is 17.9. The van der Waals surface area contributed by atoms with Crippen molar-refractivity contribution in [2.45, 2.75) is 50.3 Å². The zero-order valence-corrected chi connectivity index (χ0v) is 22.9. The minimum Gasteiger partial charge on any atom is -0.301 e. The lowest BCUT2D eigenvalue weighted by Gasteiger charge is -2.21. The molecule has 4 aromatic rings. The standard InChI is InChI=1S/C29H33N3O3S2/c1-3-5-19-32(20-6-4-2)37(34,35)24-17-18-25-26(21-24)36-29(30-25)31-28(33)27(22-13-9-7-10-14-22)23-15-11-8-12-16-23/h7-18,21,27H,3-6,19-20H2,1-2H3,(H,30,31,33). The van der Waals surface area contributed by atoms with E-state index in [9.17, 15) is 13.2 Å². The van der Waals surface area contributed by atoms with Crippen molar-refractivity contribution in [2.75, 3.05) is 18.4 Å². The summed E-state index contributed by atoms with van der Waals surface area (Å²) in [7, 11) is -3.61. The number of hydrogen-bond donors (Lipinski definition) is 1. The number of carbonyl (C=O) groups excluding carboxylic acids is 1. The highest BCUT2D eigenvalue weighted by Gasteiger charge is 2.26. The average Bonchev–Trinajstić information content (AvgIpc) is 3.31. The van der Waals surface area contributed by atoms with E-state index in [1.807, 2.05) is 60.7 Å². The van der Waals surface area contributed by atoms with Crippen LogP contribution in [0, 0.1) is 0 Å². The van der Waals surface area contributed by atoms with Gasteiger partial charge in [-0.25, -0.2) is 13.4 Å². The molecule has 0 saturated heterocycles. The number of carbonyl (C=O) groups is 1. The van der Waals surface area contributed by atoms with Gasteiger partial charge in [-0.15, -0.1) is 0 Å². The topological polar surface area (TPSA) is 79.4 Å². The van der Waals surface area contributed by atoms with Crippen LogP contribution in [0.2, 0.25) is 0 Å². The monoisotopic (exact) mass is 535 g/mol.